The normalized spacial score (nSPS) is 11.5. The van der Waals surface area contributed by atoms with Crippen LogP contribution in [0.2, 0.25) is 0 Å². The standard InChI is InChI=1S/C9H19NO.C8H16N2O.C8H17N.C7H16N2.2C7H15NO/c1-7(2)5-6-10-9(11)8(3)4;1-6(2)5-9-10-8(11)7(3)4;1-7(2)5-6-9-8(3)4;3*1-6(2)5-8-9-7(3)4/h7-8H,5-6H2,1-4H3,(H,10,11);5-7H,1-4H3,(H,10,11);5-9H,1-4H3;5-7,9H,1-4H3;2*5-7H,1-4H3/b;;;;2*8-5+. The maximum atomic E-state index is 11.0. The molecule has 0 unspecified atom stereocenters. The number of nitrogens with one attached hydrogen (secondary N) is 4. The van der Waals surface area contributed by atoms with Gasteiger partial charge in [-0.05, 0) is 104 Å². The van der Waals surface area contributed by atoms with Gasteiger partial charge in [0, 0.05) is 55.3 Å². The van der Waals surface area contributed by atoms with Crippen molar-refractivity contribution in [1.29, 1.82) is 0 Å². The molecule has 0 aliphatic heterocycles. The predicted octanol–water partition coefficient (Wildman–Crippen LogP) is 11.1. The second-order valence-corrected chi connectivity index (χ2v) is 17.8. The second kappa shape index (κ2) is 46.3. The van der Waals surface area contributed by atoms with Gasteiger partial charge in [-0.25, -0.2) is 5.43 Å². The average molecular weight is 827 g/mol. The number of carbonyl (C=O) groups excluding carboxylic acids is 2. The lowest BCUT2D eigenvalue weighted by atomic mass is 10.1. The first-order valence-electron chi connectivity index (χ1n) is 21.8. The van der Waals surface area contributed by atoms with Crippen LogP contribution in [0.4, 0.5) is 0 Å². The Morgan fingerprint density at radius 1 is 0.500 bits per heavy atom. The summed E-state index contributed by atoms with van der Waals surface area (Å²) in [4.78, 5) is 31.8. The van der Waals surface area contributed by atoms with E-state index in [9.17, 15) is 9.59 Å². The van der Waals surface area contributed by atoms with Gasteiger partial charge in [0.15, 0.2) is 0 Å². The van der Waals surface area contributed by atoms with E-state index < -0.39 is 0 Å². The van der Waals surface area contributed by atoms with Crippen LogP contribution in [0.1, 0.15) is 173 Å². The minimum Gasteiger partial charge on any atom is -0.393 e. The third-order valence-corrected chi connectivity index (χ3v) is 5.49. The van der Waals surface area contributed by atoms with Crippen molar-refractivity contribution in [3.63, 3.8) is 0 Å². The van der Waals surface area contributed by atoms with Crippen molar-refractivity contribution in [2.24, 2.45) is 67.9 Å². The van der Waals surface area contributed by atoms with Crippen LogP contribution < -0.4 is 21.5 Å². The molecule has 4 N–H and O–H groups in total. The molecular formula is C46H98N8O4. The van der Waals surface area contributed by atoms with Crippen molar-refractivity contribution < 1.29 is 19.3 Å². The summed E-state index contributed by atoms with van der Waals surface area (Å²) in [5.41, 5.74) is 5.39. The van der Waals surface area contributed by atoms with Gasteiger partial charge in [0.2, 0.25) is 11.8 Å². The Morgan fingerprint density at radius 2 is 0.897 bits per heavy atom. The van der Waals surface area contributed by atoms with Crippen LogP contribution in [0.3, 0.4) is 0 Å². The molecule has 0 fully saturated rings. The summed E-state index contributed by atoms with van der Waals surface area (Å²) < 4.78 is 0. The zero-order chi connectivity index (χ0) is 46.8. The molecule has 0 aromatic heterocycles. The molecule has 0 heterocycles. The largest absolute Gasteiger partial charge is 0.393 e. The lowest BCUT2D eigenvalue weighted by molar-refractivity contribution is -0.124. The second-order valence-electron chi connectivity index (χ2n) is 17.8. The Hall–Kier alpha value is -3.44. The lowest BCUT2D eigenvalue weighted by Crippen LogP contribution is -2.29. The smallest absolute Gasteiger partial charge is 0.242 e. The van der Waals surface area contributed by atoms with Crippen LogP contribution in [0.25, 0.3) is 0 Å². The molecule has 0 aliphatic carbocycles. The Bertz CT molecular complexity index is 933. The molecule has 12 nitrogen and oxygen atoms in total. The van der Waals surface area contributed by atoms with E-state index in [-0.39, 0.29) is 35.9 Å². The summed E-state index contributed by atoms with van der Waals surface area (Å²) in [6.45, 7) is 49.6. The van der Waals surface area contributed by atoms with Crippen LogP contribution >= 0.6 is 0 Å². The highest BCUT2D eigenvalue weighted by Gasteiger charge is 2.05. The monoisotopic (exact) mass is 827 g/mol. The van der Waals surface area contributed by atoms with Crippen LogP contribution in [-0.4, -0.2) is 67.5 Å². The summed E-state index contributed by atoms with van der Waals surface area (Å²) in [7, 11) is 0. The lowest BCUT2D eigenvalue weighted by Gasteiger charge is -2.08. The molecule has 0 aliphatic rings. The van der Waals surface area contributed by atoms with Crippen molar-refractivity contribution in [2.75, 3.05) is 6.54 Å². The first-order valence-corrected chi connectivity index (χ1v) is 21.8. The van der Waals surface area contributed by atoms with Crippen molar-refractivity contribution in [3.05, 3.63) is 12.3 Å². The first kappa shape index (κ1) is 66.4. The minimum absolute atomic E-state index is 0.000637. The first-order chi connectivity index (χ1) is 26.6. The van der Waals surface area contributed by atoms with E-state index in [1.807, 2.05) is 81.7 Å². The predicted molar refractivity (Wildman–Crippen MR) is 257 cm³/mol. The Kier molecular flexibility index (Phi) is 52.9. The SMILES string of the molecule is CC(C)/C=N/OC(C)C.CC(C)/C=N/OC(C)C.CC(C)C=CNC(C)C.CC(C)C=NNC(=O)C(C)C.CC(C)C=NNC(C)C.CC(C)CCNC(=O)C(C)C. The van der Waals surface area contributed by atoms with E-state index in [4.69, 9.17) is 9.68 Å². The third kappa shape index (κ3) is 84.9. The van der Waals surface area contributed by atoms with Gasteiger partial charge in [0.25, 0.3) is 0 Å². The highest BCUT2D eigenvalue weighted by molar-refractivity contribution is 5.78. The number of hydrazone groups is 2. The molecule has 0 spiro atoms. The molecule has 0 saturated carbocycles. The number of hydrogen-bond acceptors (Lipinski definition) is 10. The van der Waals surface area contributed by atoms with Gasteiger partial charge < -0.3 is 25.7 Å². The third-order valence-electron chi connectivity index (χ3n) is 5.49. The van der Waals surface area contributed by atoms with Crippen LogP contribution in [0, 0.1) is 47.3 Å². The van der Waals surface area contributed by atoms with E-state index in [0.717, 1.165) is 13.0 Å². The number of amides is 2. The maximum absolute atomic E-state index is 11.0. The highest BCUT2D eigenvalue weighted by atomic mass is 16.6. The van der Waals surface area contributed by atoms with E-state index in [0.29, 0.717) is 47.6 Å². The quantitative estimate of drug-likeness (QED) is 0.0752. The number of nitrogens with zero attached hydrogens (tertiary/aromatic N) is 4. The Labute approximate surface area is 360 Å². The van der Waals surface area contributed by atoms with Gasteiger partial charge in [0.1, 0.15) is 12.2 Å². The minimum atomic E-state index is -0.0399. The zero-order valence-electron chi connectivity index (χ0n) is 42.2. The number of allylic oxidation sites excluding steroid dienone is 1. The number of hydrogen-bond donors (Lipinski definition) is 4. The Morgan fingerprint density at radius 3 is 1.19 bits per heavy atom. The van der Waals surface area contributed by atoms with Crippen molar-refractivity contribution in [2.45, 2.75) is 197 Å². The van der Waals surface area contributed by atoms with E-state index in [1.54, 1.807) is 18.6 Å². The van der Waals surface area contributed by atoms with Crippen LogP contribution in [0.5, 0.6) is 0 Å². The van der Waals surface area contributed by atoms with E-state index in [2.05, 4.69) is 145 Å². The average Bonchev–Trinajstić information content (AvgIpc) is 3.04. The molecule has 12 heteroatoms. The van der Waals surface area contributed by atoms with Crippen molar-refractivity contribution >= 4 is 36.7 Å². The van der Waals surface area contributed by atoms with Gasteiger partial charge in [-0.3, -0.25) is 9.59 Å². The molecule has 0 aromatic rings. The van der Waals surface area contributed by atoms with Gasteiger partial charge in [0.05, 0.1) is 0 Å². The molecule has 0 bridgehead atoms. The topological polar surface area (TPSA) is 150 Å². The zero-order valence-corrected chi connectivity index (χ0v) is 42.2. The number of rotatable bonds is 19. The number of oxime groups is 2. The van der Waals surface area contributed by atoms with Gasteiger partial charge in [-0.1, -0.05) is 127 Å². The molecule has 2 amide bonds. The summed E-state index contributed by atoms with van der Waals surface area (Å²) in [6.07, 6.45) is 12.8. The van der Waals surface area contributed by atoms with Gasteiger partial charge >= 0.3 is 0 Å². The molecule has 0 atom stereocenters. The van der Waals surface area contributed by atoms with E-state index in [1.165, 1.54) is 0 Å². The van der Waals surface area contributed by atoms with Gasteiger partial charge in [-0.2, -0.15) is 10.2 Å². The molecule has 0 radical (unpaired) electrons. The molecule has 0 rings (SSSR count). The maximum Gasteiger partial charge on any atom is 0.242 e. The fraction of sp³-hybridized carbons (Fsp3) is 0.826. The van der Waals surface area contributed by atoms with E-state index >= 15 is 0 Å². The van der Waals surface area contributed by atoms with Crippen LogP contribution in [-0.2, 0) is 19.3 Å². The summed E-state index contributed by atoms with van der Waals surface area (Å²) in [5.74, 6) is 3.42. The van der Waals surface area contributed by atoms with Gasteiger partial charge in [-0.15, -0.1) is 0 Å². The van der Waals surface area contributed by atoms with Crippen molar-refractivity contribution in [3.8, 4) is 0 Å². The number of carbonyl (C=O) groups is 2. The summed E-state index contributed by atoms with van der Waals surface area (Å²) in [6, 6.07) is 1.000. The van der Waals surface area contributed by atoms with Crippen molar-refractivity contribution in [1.82, 2.24) is 21.5 Å². The molecular weight excluding hydrogens is 729 g/mol. The fourth-order valence-electron chi connectivity index (χ4n) is 2.41. The molecule has 0 aromatic carbocycles. The Balaban J connectivity index is -0.000000140. The fourth-order valence-corrected chi connectivity index (χ4v) is 2.41. The molecule has 0 saturated heterocycles. The summed E-state index contributed by atoms with van der Waals surface area (Å²) >= 11 is 0. The highest BCUT2D eigenvalue weighted by Crippen LogP contribution is 1.98. The summed E-state index contributed by atoms with van der Waals surface area (Å²) in [5, 5.41) is 21.3. The molecule has 346 valence electrons. The molecule has 58 heavy (non-hydrogen) atoms. The van der Waals surface area contributed by atoms with Crippen LogP contribution in [0.15, 0.2) is 32.8 Å².